The summed E-state index contributed by atoms with van der Waals surface area (Å²) in [5, 5.41) is 1.55. The van der Waals surface area contributed by atoms with E-state index in [2.05, 4.69) is 9.97 Å². The molecule has 0 spiro atoms. The molecule has 0 bridgehead atoms. The second kappa shape index (κ2) is 6.97. The Morgan fingerprint density at radius 2 is 1.89 bits per heavy atom. The first-order valence-corrected chi connectivity index (χ1v) is 8.90. The molecular formula is C22H16ClFN2O. The smallest absolute Gasteiger partial charge is 0.167 e. The molecule has 0 aliphatic rings. The number of Topliss-reactive ketones (excluding diaryl/α,β-unsaturated/α-hetero) is 1. The Labute approximate surface area is 160 Å². The number of carbonyl (C=O) groups excluding carboxylic acids is 1. The van der Waals surface area contributed by atoms with Gasteiger partial charge in [-0.1, -0.05) is 29.8 Å². The highest BCUT2D eigenvalue weighted by atomic mass is 35.5. The number of aromatic nitrogens is 2. The van der Waals surface area contributed by atoms with Gasteiger partial charge in [-0.2, -0.15) is 0 Å². The SMILES string of the molecule is Cc1ccc(F)cc1C(=O)Cc1c[nH]c2ncc(-c3ccc(Cl)cc3)cc12. The highest BCUT2D eigenvalue weighted by Gasteiger charge is 2.15. The van der Waals surface area contributed by atoms with Crippen molar-refractivity contribution in [1.82, 2.24) is 9.97 Å². The number of aromatic amines is 1. The maximum absolute atomic E-state index is 13.5. The van der Waals surface area contributed by atoms with Gasteiger partial charge in [0.15, 0.2) is 5.78 Å². The molecule has 0 atom stereocenters. The second-order valence-electron chi connectivity index (χ2n) is 6.50. The standard InChI is InChI=1S/C22H16ClFN2O/c1-13-2-7-18(24)10-19(13)21(27)9-16-12-26-22-20(16)8-15(11-25-22)14-3-5-17(23)6-4-14/h2-8,10-12H,9H2,1H3,(H,25,26). The summed E-state index contributed by atoms with van der Waals surface area (Å²) in [5.41, 5.74) is 4.66. The number of H-pyrrole nitrogens is 1. The molecule has 0 aliphatic heterocycles. The average Bonchev–Trinajstić information content (AvgIpc) is 3.06. The summed E-state index contributed by atoms with van der Waals surface area (Å²) in [4.78, 5) is 20.3. The number of pyridine rings is 1. The molecule has 134 valence electrons. The Morgan fingerprint density at radius 1 is 1.11 bits per heavy atom. The van der Waals surface area contributed by atoms with Crippen molar-refractivity contribution in [3.8, 4) is 11.1 Å². The van der Waals surface area contributed by atoms with Crippen LogP contribution < -0.4 is 0 Å². The van der Waals surface area contributed by atoms with Gasteiger partial charge in [-0.3, -0.25) is 4.79 Å². The molecule has 1 N–H and O–H groups in total. The average molecular weight is 379 g/mol. The molecule has 0 saturated carbocycles. The van der Waals surface area contributed by atoms with Crippen molar-refractivity contribution >= 4 is 28.4 Å². The third kappa shape index (κ3) is 3.49. The lowest BCUT2D eigenvalue weighted by molar-refractivity contribution is 0.0992. The summed E-state index contributed by atoms with van der Waals surface area (Å²) in [6, 6.07) is 13.8. The highest BCUT2D eigenvalue weighted by Crippen LogP contribution is 2.27. The van der Waals surface area contributed by atoms with Gasteiger partial charge in [0.1, 0.15) is 11.5 Å². The first-order valence-electron chi connectivity index (χ1n) is 8.52. The van der Waals surface area contributed by atoms with E-state index in [1.54, 1.807) is 18.5 Å². The Kier molecular flexibility index (Phi) is 4.50. The maximum Gasteiger partial charge on any atom is 0.167 e. The number of hydrogen-bond donors (Lipinski definition) is 1. The van der Waals surface area contributed by atoms with Crippen LogP contribution in [0.25, 0.3) is 22.2 Å². The fraction of sp³-hybridized carbons (Fsp3) is 0.0909. The molecule has 4 rings (SSSR count). The number of carbonyl (C=O) groups is 1. The fourth-order valence-corrected chi connectivity index (χ4v) is 3.29. The number of aryl methyl sites for hydroxylation is 1. The van der Waals surface area contributed by atoms with Gasteiger partial charge in [0.05, 0.1) is 0 Å². The van der Waals surface area contributed by atoms with Crippen molar-refractivity contribution < 1.29 is 9.18 Å². The molecule has 3 nitrogen and oxygen atoms in total. The Morgan fingerprint density at radius 3 is 2.67 bits per heavy atom. The molecule has 5 heteroatoms. The summed E-state index contributed by atoms with van der Waals surface area (Å²) in [5.74, 6) is -0.528. The molecular weight excluding hydrogens is 363 g/mol. The van der Waals surface area contributed by atoms with Crippen LogP contribution in [0.3, 0.4) is 0 Å². The number of rotatable bonds is 4. The van der Waals surface area contributed by atoms with Gasteiger partial charge in [-0.25, -0.2) is 9.37 Å². The zero-order chi connectivity index (χ0) is 19.0. The summed E-state index contributed by atoms with van der Waals surface area (Å²) >= 11 is 5.96. The van der Waals surface area contributed by atoms with Crippen LogP contribution in [0.1, 0.15) is 21.5 Å². The maximum atomic E-state index is 13.5. The molecule has 2 aromatic carbocycles. The molecule has 0 fully saturated rings. The highest BCUT2D eigenvalue weighted by molar-refractivity contribution is 6.30. The van der Waals surface area contributed by atoms with Crippen molar-refractivity contribution in [2.75, 3.05) is 0 Å². The minimum atomic E-state index is -0.408. The van der Waals surface area contributed by atoms with E-state index in [9.17, 15) is 9.18 Å². The first kappa shape index (κ1) is 17.4. The van der Waals surface area contributed by atoms with Crippen molar-refractivity contribution in [3.63, 3.8) is 0 Å². The fourth-order valence-electron chi connectivity index (χ4n) is 3.17. The molecule has 2 aromatic heterocycles. The predicted octanol–water partition coefficient (Wildman–Crippen LogP) is 5.76. The zero-order valence-electron chi connectivity index (χ0n) is 14.6. The van der Waals surface area contributed by atoms with Crippen molar-refractivity contribution in [2.45, 2.75) is 13.3 Å². The Bertz CT molecular complexity index is 1150. The monoisotopic (exact) mass is 378 g/mol. The molecule has 27 heavy (non-hydrogen) atoms. The number of hydrogen-bond acceptors (Lipinski definition) is 2. The minimum absolute atomic E-state index is 0.121. The van der Waals surface area contributed by atoms with E-state index in [0.717, 1.165) is 27.6 Å². The third-order valence-corrected chi connectivity index (χ3v) is 4.90. The van der Waals surface area contributed by atoms with Crippen LogP contribution in [0.5, 0.6) is 0 Å². The zero-order valence-corrected chi connectivity index (χ0v) is 15.3. The lowest BCUT2D eigenvalue weighted by Crippen LogP contribution is -2.06. The Hall–Kier alpha value is -2.98. The van der Waals surface area contributed by atoms with Crippen LogP contribution in [0, 0.1) is 12.7 Å². The number of benzene rings is 2. The molecule has 4 aromatic rings. The van der Waals surface area contributed by atoms with Crippen molar-refractivity contribution in [1.29, 1.82) is 0 Å². The van der Waals surface area contributed by atoms with Crippen molar-refractivity contribution in [3.05, 3.63) is 88.5 Å². The van der Waals surface area contributed by atoms with E-state index in [1.807, 2.05) is 37.3 Å². The molecule has 0 unspecified atom stereocenters. The van der Waals surface area contributed by atoms with E-state index in [1.165, 1.54) is 12.1 Å². The number of nitrogens with one attached hydrogen (secondary N) is 1. The molecule has 2 heterocycles. The number of halogens is 2. The van der Waals surface area contributed by atoms with Crippen LogP contribution in [0.15, 0.2) is 60.9 Å². The van der Waals surface area contributed by atoms with E-state index < -0.39 is 5.82 Å². The van der Waals surface area contributed by atoms with Crippen LogP contribution in [-0.4, -0.2) is 15.8 Å². The van der Waals surface area contributed by atoms with Gasteiger partial charge < -0.3 is 4.98 Å². The van der Waals surface area contributed by atoms with Gasteiger partial charge in [0.25, 0.3) is 0 Å². The van der Waals surface area contributed by atoms with Crippen molar-refractivity contribution in [2.24, 2.45) is 0 Å². The van der Waals surface area contributed by atoms with E-state index in [0.29, 0.717) is 16.2 Å². The molecule has 0 amide bonds. The van der Waals surface area contributed by atoms with Gasteiger partial charge in [-0.05, 0) is 53.9 Å². The Balaban J connectivity index is 1.70. The van der Waals surface area contributed by atoms with Crippen LogP contribution >= 0.6 is 11.6 Å². The topological polar surface area (TPSA) is 45.8 Å². The van der Waals surface area contributed by atoms with E-state index in [4.69, 9.17) is 11.6 Å². The lowest BCUT2D eigenvalue weighted by atomic mass is 9.98. The van der Waals surface area contributed by atoms with E-state index in [-0.39, 0.29) is 12.2 Å². The molecule has 0 radical (unpaired) electrons. The lowest BCUT2D eigenvalue weighted by Gasteiger charge is -2.06. The summed E-state index contributed by atoms with van der Waals surface area (Å²) in [6.07, 6.45) is 3.75. The largest absolute Gasteiger partial charge is 0.346 e. The summed E-state index contributed by atoms with van der Waals surface area (Å²) < 4.78 is 13.5. The van der Waals surface area contributed by atoms with Gasteiger partial charge in [0.2, 0.25) is 0 Å². The van der Waals surface area contributed by atoms with Crippen LogP contribution in [0.4, 0.5) is 4.39 Å². The third-order valence-electron chi connectivity index (χ3n) is 4.65. The number of nitrogens with zero attached hydrogens (tertiary/aromatic N) is 1. The quantitative estimate of drug-likeness (QED) is 0.459. The normalized spacial score (nSPS) is 11.1. The van der Waals surface area contributed by atoms with Crippen LogP contribution in [-0.2, 0) is 6.42 Å². The summed E-state index contributed by atoms with van der Waals surface area (Å²) in [7, 11) is 0. The summed E-state index contributed by atoms with van der Waals surface area (Å²) in [6.45, 7) is 1.81. The van der Waals surface area contributed by atoms with Gasteiger partial charge >= 0.3 is 0 Å². The minimum Gasteiger partial charge on any atom is -0.346 e. The molecule has 0 aliphatic carbocycles. The van der Waals surface area contributed by atoms with E-state index >= 15 is 0 Å². The van der Waals surface area contributed by atoms with Gasteiger partial charge in [-0.15, -0.1) is 0 Å². The predicted molar refractivity (Wildman–Crippen MR) is 106 cm³/mol. The van der Waals surface area contributed by atoms with Gasteiger partial charge in [0, 0.05) is 40.4 Å². The molecule has 0 saturated heterocycles. The number of ketones is 1. The second-order valence-corrected chi connectivity index (χ2v) is 6.94. The van der Waals surface area contributed by atoms with Crippen LogP contribution in [0.2, 0.25) is 5.02 Å². The number of fused-ring (bicyclic) bond motifs is 1. The first-order chi connectivity index (χ1) is 13.0.